The van der Waals surface area contributed by atoms with Crippen molar-refractivity contribution >= 4 is 23.2 Å². The molecule has 1 amide bonds. The topological polar surface area (TPSA) is 76.9 Å². The summed E-state index contributed by atoms with van der Waals surface area (Å²) in [6.45, 7) is 3.42. The average molecular weight is 369 g/mol. The Hall–Kier alpha value is -2.99. The second-order valence-electron chi connectivity index (χ2n) is 5.83. The molecule has 3 rings (SSSR count). The SMILES string of the molecule is Cc1cccc(Cl)c1NC(=O)C(C)n1ncc(-c2ccccc2)nc1=O. The Kier molecular flexibility index (Phi) is 5.14. The highest BCUT2D eigenvalue weighted by atomic mass is 35.5. The van der Waals surface area contributed by atoms with E-state index >= 15 is 0 Å². The number of nitrogens with one attached hydrogen (secondary N) is 1. The van der Waals surface area contributed by atoms with Crippen molar-refractivity contribution in [3.8, 4) is 11.3 Å². The molecule has 0 aliphatic carbocycles. The monoisotopic (exact) mass is 368 g/mol. The van der Waals surface area contributed by atoms with Crippen LogP contribution in [0, 0.1) is 6.92 Å². The van der Waals surface area contributed by atoms with Crippen molar-refractivity contribution in [3.05, 3.63) is 75.8 Å². The average Bonchev–Trinajstić information content (AvgIpc) is 2.65. The number of rotatable bonds is 4. The third-order valence-electron chi connectivity index (χ3n) is 4.00. The summed E-state index contributed by atoms with van der Waals surface area (Å²) in [4.78, 5) is 28.9. The largest absolute Gasteiger partial charge is 0.365 e. The van der Waals surface area contributed by atoms with Crippen LogP contribution in [0.2, 0.25) is 5.02 Å². The van der Waals surface area contributed by atoms with E-state index < -0.39 is 17.6 Å². The maximum absolute atomic E-state index is 12.5. The molecule has 0 bridgehead atoms. The van der Waals surface area contributed by atoms with E-state index in [2.05, 4.69) is 15.4 Å². The highest BCUT2D eigenvalue weighted by molar-refractivity contribution is 6.34. The maximum Gasteiger partial charge on any atom is 0.365 e. The third kappa shape index (κ3) is 3.65. The van der Waals surface area contributed by atoms with Gasteiger partial charge >= 0.3 is 5.69 Å². The van der Waals surface area contributed by atoms with Crippen LogP contribution >= 0.6 is 11.6 Å². The minimum Gasteiger partial charge on any atom is -0.323 e. The number of hydrogen-bond donors (Lipinski definition) is 1. The number of benzene rings is 2. The zero-order valence-electron chi connectivity index (χ0n) is 14.3. The molecule has 132 valence electrons. The van der Waals surface area contributed by atoms with E-state index in [4.69, 9.17) is 11.6 Å². The van der Waals surface area contributed by atoms with Crippen molar-refractivity contribution in [2.75, 3.05) is 5.32 Å². The third-order valence-corrected chi connectivity index (χ3v) is 4.32. The van der Waals surface area contributed by atoms with Gasteiger partial charge in [0.25, 0.3) is 0 Å². The Morgan fingerprint density at radius 1 is 1.15 bits per heavy atom. The molecule has 3 aromatic rings. The van der Waals surface area contributed by atoms with Crippen molar-refractivity contribution < 1.29 is 4.79 Å². The summed E-state index contributed by atoms with van der Waals surface area (Å²) in [5.74, 6) is -0.398. The molecule has 1 aromatic heterocycles. The number of halogens is 1. The zero-order valence-corrected chi connectivity index (χ0v) is 15.1. The first kappa shape index (κ1) is 17.8. The molecule has 1 N–H and O–H groups in total. The number of amides is 1. The molecule has 1 atom stereocenters. The molecule has 0 spiro atoms. The molecule has 2 aromatic carbocycles. The van der Waals surface area contributed by atoms with Crippen LogP contribution in [0.5, 0.6) is 0 Å². The lowest BCUT2D eigenvalue weighted by Gasteiger charge is -2.15. The number of hydrogen-bond acceptors (Lipinski definition) is 4. The summed E-state index contributed by atoms with van der Waals surface area (Å²) in [5, 5.41) is 7.30. The van der Waals surface area contributed by atoms with Crippen LogP contribution in [-0.4, -0.2) is 20.7 Å². The second kappa shape index (κ2) is 7.49. The number of nitrogens with zero attached hydrogens (tertiary/aromatic N) is 3. The number of aryl methyl sites for hydroxylation is 1. The highest BCUT2D eigenvalue weighted by Gasteiger charge is 2.20. The van der Waals surface area contributed by atoms with Crippen LogP contribution < -0.4 is 11.0 Å². The molecular formula is C19H17ClN4O2. The smallest absolute Gasteiger partial charge is 0.323 e. The van der Waals surface area contributed by atoms with Gasteiger partial charge in [0.05, 0.1) is 22.6 Å². The summed E-state index contributed by atoms with van der Waals surface area (Å²) in [7, 11) is 0. The Bertz CT molecular complexity index is 982. The Morgan fingerprint density at radius 2 is 1.88 bits per heavy atom. The van der Waals surface area contributed by atoms with E-state index in [-0.39, 0.29) is 0 Å². The van der Waals surface area contributed by atoms with Gasteiger partial charge in [-0.1, -0.05) is 54.1 Å². The molecule has 0 saturated carbocycles. The fourth-order valence-corrected chi connectivity index (χ4v) is 2.76. The summed E-state index contributed by atoms with van der Waals surface area (Å²) < 4.78 is 1.05. The normalized spacial score (nSPS) is 11.8. The second-order valence-corrected chi connectivity index (χ2v) is 6.24. The lowest BCUT2D eigenvalue weighted by atomic mass is 10.2. The fraction of sp³-hybridized carbons (Fsp3) is 0.158. The van der Waals surface area contributed by atoms with Gasteiger partial charge in [-0.25, -0.2) is 9.48 Å². The van der Waals surface area contributed by atoms with Crippen molar-refractivity contribution in [2.24, 2.45) is 0 Å². The van der Waals surface area contributed by atoms with Gasteiger partial charge in [-0.15, -0.1) is 0 Å². The number of anilines is 1. The van der Waals surface area contributed by atoms with Gasteiger partial charge in [0, 0.05) is 5.56 Å². The van der Waals surface area contributed by atoms with Crippen molar-refractivity contribution in [2.45, 2.75) is 19.9 Å². The van der Waals surface area contributed by atoms with E-state index in [0.29, 0.717) is 16.4 Å². The molecule has 0 aliphatic rings. The molecule has 6 nitrogen and oxygen atoms in total. The molecule has 0 saturated heterocycles. The summed E-state index contributed by atoms with van der Waals surface area (Å²) >= 11 is 6.13. The van der Waals surface area contributed by atoms with E-state index in [0.717, 1.165) is 15.8 Å². The molecule has 0 aliphatic heterocycles. The predicted molar refractivity (Wildman–Crippen MR) is 101 cm³/mol. The molecule has 0 radical (unpaired) electrons. The maximum atomic E-state index is 12.5. The van der Waals surface area contributed by atoms with Crippen LogP contribution in [0.25, 0.3) is 11.3 Å². The van der Waals surface area contributed by atoms with Gasteiger partial charge < -0.3 is 5.32 Å². The molecule has 1 heterocycles. The molecule has 7 heteroatoms. The number of carbonyl (C=O) groups excluding carboxylic acids is 1. The van der Waals surface area contributed by atoms with E-state index in [1.54, 1.807) is 19.1 Å². The fourth-order valence-electron chi connectivity index (χ4n) is 2.49. The quantitative estimate of drug-likeness (QED) is 0.765. The molecule has 26 heavy (non-hydrogen) atoms. The first-order valence-corrected chi connectivity index (χ1v) is 8.42. The summed E-state index contributed by atoms with van der Waals surface area (Å²) in [6.07, 6.45) is 1.47. The van der Waals surface area contributed by atoms with E-state index in [1.807, 2.05) is 43.3 Å². The van der Waals surface area contributed by atoms with Crippen LogP contribution in [0.3, 0.4) is 0 Å². The lowest BCUT2D eigenvalue weighted by molar-refractivity contribution is -0.119. The van der Waals surface area contributed by atoms with Crippen molar-refractivity contribution in [1.29, 1.82) is 0 Å². The van der Waals surface area contributed by atoms with E-state index in [1.165, 1.54) is 6.20 Å². The Morgan fingerprint density at radius 3 is 2.54 bits per heavy atom. The number of aromatic nitrogens is 3. The number of para-hydroxylation sites is 1. The van der Waals surface area contributed by atoms with Crippen LogP contribution in [0.15, 0.2) is 59.5 Å². The van der Waals surface area contributed by atoms with Crippen molar-refractivity contribution in [3.63, 3.8) is 0 Å². The Labute approximate surface area is 155 Å². The Balaban J connectivity index is 1.85. The first-order valence-electron chi connectivity index (χ1n) is 8.04. The van der Waals surface area contributed by atoms with Crippen molar-refractivity contribution in [1.82, 2.24) is 14.8 Å². The first-order chi connectivity index (χ1) is 12.5. The molecule has 0 fully saturated rings. The van der Waals surface area contributed by atoms with Gasteiger partial charge in [0.15, 0.2) is 0 Å². The van der Waals surface area contributed by atoms with E-state index in [9.17, 15) is 9.59 Å². The highest BCUT2D eigenvalue weighted by Crippen LogP contribution is 2.26. The van der Waals surface area contributed by atoms with Crippen LogP contribution in [-0.2, 0) is 4.79 Å². The standard InChI is InChI=1S/C19H17ClN4O2/c1-12-7-6-10-15(20)17(12)23-18(25)13(2)24-19(26)22-16(11-21-24)14-8-4-3-5-9-14/h3-11,13H,1-2H3,(H,23,25). The minimum absolute atomic E-state index is 0.398. The molecular weight excluding hydrogens is 352 g/mol. The molecule has 1 unspecified atom stereocenters. The predicted octanol–water partition coefficient (Wildman–Crippen LogP) is 3.47. The minimum atomic E-state index is -0.838. The van der Waals surface area contributed by atoms with Crippen LogP contribution in [0.4, 0.5) is 5.69 Å². The van der Waals surface area contributed by atoms with Gasteiger partial charge in [-0.05, 0) is 25.5 Å². The van der Waals surface area contributed by atoms with Gasteiger partial charge in [-0.3, -0.25) is 4.79 Å². The van der Waals surface area contributed by atoms with Gasteiger partial charge in [0.2, 0.25) is 5.91 Å². The van der Waals surface area contributed by atoms with Crippen LogP contribution in [0.1, 0.15) is 18.5 Å². The number of carbonyl (C=O) groups is 1. The van der Waals surface area contributed by atoms with Gasteiger partial charge in [-0.2, -0.15) is 10.1 Å². The lowest BCUT2D eigenvalue weighted by Crippen LogP contribution is -2.35. The zero-order chi connectivity index (χ0) is 18.7. The summed E-state index contributed by atoms with van der Waals surface area (Å²) in [5.41, 5.74) is 2.00. The summed E-state index contributed by atoms with van der Waals surface area (Å²) in [6, 6.07) is 13.7. The van der Waals surface area contributed by atoms with Gasteiger partial charge in [0.1, 0.15) is 6.04 Å².